The molecule has 0 unspecified atom stereocenters. The summed E-state index contributed by atoms with van der Waals surface area (Å²) in [5.41, 5.74) is 3.69. The minimum Gasteiger partial charge on any atom is -0.502 e. The summed E-state index contributed by atoms with van der Waals surface area (Å²) in [7, 11) is 0. The van der Waals surface area contributed by atoms with Crippen molar-refractivity contribution in [3.05, 3.63) is 102 Å². The number of carbonyl (C=O) groups excluding carboxylic acids is 3. The van der Waals surface area contributed by atoms with Gasteiger partial charge in [0.15, 0.2) is 17.2 Å². The topological polar surface area (TPSA) is 303 Å². The van der Waals surface area contributed by atoms with Crippen molar-refractivity contribution in [2.75, 3.05) is 19.6 Å². The van der Waals surface area contributed by atoms with Crippen molar-refractivity contribution in [1.29, 1.82) is 0 Å². The number of nitro benzene ring substituents is 3. The first-order valence-corrected chi connectivity index (χ1v) is 13.5. The first-order valence-electron chi connectivity index (χ1n) is 13.5. The Morgan fingerprint density at radius 2 is 0.830 bits per heavy atom. The van der Waals surface area contributed by atoms with Crippen molar-refractivity contribution >= 4 is 34.8 Å². The summed E-state index contributed by atoms with van der Waals surface area (Å²) in [5, 5.41) is 69.8. The van der Waals surface area contributed by atoms with Crippen LogP contribution >= 0.6 is 0 Å². The lowest BCUT2D eigenvalue weighted by Gasteiger charge is -2.30. The Kier molecular flexibility index (Phi) is 11.3. The minimum absolute atomic E-state index is 0.196. The molecule has 3 rings (SSSR count). The van der Waals surface area contributed by atoms with E-state index in [1.807, 2.05) is 0 Å². The predicted molar refractivity (Wildman–Crippen MR) is 161 cm³/mol. The van der Waals surface area contributed by atoms with Crippen LogP contribution in [-0.2, 0) is 33.6 Å². The Labute approximate surface area is 264 Å². The fraction of sp³-hybridized carbons (Fsp3) is 0.250. The molecule has 0 atom stereocenters. The lowest BCUT2D eigenvalue weighted by Crippen LogP contribution is -2.63. The quantitative estimate of drug-likeness (QED) is 0.0872. The Balaban J connectivity index is 1.70. The molecule has 248 valence electrons. The molecule has 0 radical (unpaired) electrons. The number of nitro groups is 3. The molecule has 0 aliphatic carbocycles. The second-order valence-corrected chi connectivity index (χ2v) is 10.5. The molecule has 3 aromatic carbocycles. The third-order valence-corrected chi connectivity index (χ3v) is 6.72. The second-order valence-electron chi connectivity index (χ2n) is 10.5. The molecule has 0 heterocycles. The van der Waals surface area contributed by atoms with Crippen molar-refractivity contribution < 1.29 is 44.5 Å². The maximum Gasteiger partial charge on any atom is 0.310 e. The van der Waals surface area contributed by atoms with Gasteiger partial charge >= 0.3 is 17.1 Å². The van der Waals surface area contributed by atoms with Crippen LogP contribution in [0.4, 0.5) is 17.1 Å². The van der Waals surface area contributed by atoms with Crippen molar-refractivity contribution in [3.63, 3.8) is 0 Å². The zero-order valence-electron chi connectivity index (χ0n) is 24.4. The standard InChI is InChI=1S/C28H29N7O12/c29-28(13-30-25(39)10-16-1-4-22(36)19(7-16)33(42)43,14-31-26(40)11-17-2-5-23(37)20(8-17)34(44)45)15-32-27(41)12-18-3-6-24(38)21(9-18)35(46)47/h1-9,36-38H,10-15,29H2,(H,30,39)(H,31,40)(H,32,41). The Morgan fingerprint density at radius 1 is 0.574 bits per heavy atom. The Morgan fingerprint density at radius 3 is 1.06 bits per heavy atom. The van der Waals surface area contributed by atoms with Gasteiger partial charge in [0.25, 0.3) is 0 Å². The molecule has 0 saturated heterocycles. The van der Waals surface area contributed by atoms with Crippen molar-refractivity contribution in [2.24, 2.45) is 5.73 Å². The molecule has 0 aromatic heterocycles. The van der Waals surface area contributed by atoms with Gasteiger partial charge in [-0.1, -0.05) is 18.2 Å². The van der Waals surface area contributed by atoms with Crippen LogP contribution in [0, 0.1) is 30.3 Å². The van der Waals surface area contributed by atoms with Gasteiger partial charge in [0.05, 0.1) is 39.6 Å². The number of phenols is 3. The van der Waals surface area contributed by atoms with Crippen LogP contribution < -0.4 is 21.7 Å². The number of aromatic hydroxyl groups is 3. The summed E-state index contributed by atoms with van der Waals surface area (Å²) in [4.78, 5) is 68.9. The van der Waals surface area contributed by atoms with E-state index in [1.54, 1.807) is 0 Å². The summed E-state index contributed by atoms with van der Waals surface area (Å²) in [6.07, 6.45) is -1.06. The number of benzene rings is 3. The first-order chi connectivity index (χ1) is 22.1. The van der Waals surface area contributed by atoms with E-state index in [0.29, 0.717) is 0 Å². The molecule has 19 heteroatoms. The highest BCUT2D eigenvalue weighted by atomic mass is 16.6. The van der Waals surface area contributed by atoms with E-state index in [-0.39, 0.29) is 55.6 Å². The van der Waals surface area contributed by atoms with Gasteiger partial charge in [-0.2, -0.15) is 0 Å². The number of nitrogens with zero attached hydrogens (tertiary/aromatic N) is 3. The van der Waals surface area contributed by atoms with E-state index in [0.717, 1.165) is 36.4 Å². The minimum atomic E-state index is -1.55. The van der Waals surface area contributed by atoms with Crippen LogP contribution in [-0.4, -0.2) is 73.0 Å². The van der Waals surface area contributed by atoms with Crippen molar-refractivity contribution in [2.45, 2.75) is 24.8 Å². The Hall–Kier alpha value is -6.37. The van der Waals surface area contributed by atoms with Crippen molar-refractivity contribution in [3.8, 4) is 17.2 Å². The van der Waals surface area contributed by atoms with E-state index >= 15 is 0 Å². The van der Waals surface area contributed by atoms with Crippen LogP contribution in [0.3, 0.4) is 0 Å². The maximum atomic E-state index is 12.7. The Bertz CT molecular complexity index is 1530. The normalized spacial score (nSPS) is 10.9. The van der Waals surface area contributed by atoms with Crippen LogP contribution in [0.2, 0.25) is 0 Å². The number of hydrogen-bond donors (Lipinski definition) is 7. The number of phenolic OH excluding ortho intramolecular Hbond substituents is 3. The van der Waals surface area contributed by atoms with Gasteiger partial charge in [-0.05, 0) is 34.9 Å². The monoisotopic (exact) mass is 655 g/mol. The summed E-state index contributed by atoms with van der Waals surface area (Å²) in [5.74, 6) is -3.71. The summed E-state index contributed by atoms with van der Waals surface area (Å²) >= 11 is 0. The smallest absolute Gasteiger partial charge is 0.310 e. The molecule has 0 aliphatic rings. The number of rotatable bonds is 15. The van der Waals surface area contributed by atoms with Gasteiger partial charge in [-0.15, -0.1) is 0 Å². The molecule has 3 aromatic rings. The number of nitrogens with two attached hydrogens (primary N) is 1. The van der Waals surface area contributed by atoms with Gasteiger partial charge in [0.1, 0.15) is 0 Å². The summed E-state index contributed by atoms with van der Waals surface area (Å²) in [6, 6.07) is 10.2. The van der Waals surface area contributed by atoms with Crippen LogP contribution in [0.25, 0.3) is 0 Å². The van der Waals surface area contributed by atoms with Crippen LogP contribution in [0.15, 0.2) is 54.6 Å². The van der Waals surface area contributed by atoms with Gasteiger partial charge < -0.3 is 37.0 Å². The van der Waals surface area contributed by atoms with E-state index in [9.17, 15) is 60.0 Å². The fourth-order valence-electron chi connectivity index (χ4n) is 4.23. The third-order valence-electron chi connectivity index (χ3n) is 6.72. The largest absolute Gasteiger partial charge is 0.502 e. The van der Waals surface area contributed by atoms with Crippen LogP contribution in [0.5, 0.6) is 17.2 Å². The molecule has 47 heavy (non-hydrogen) atoms. The molecule has 0 spiro atoms. The predicted octanol–water partition coefficient (Wildman–Crippen LogP) is 0.602. The van der Waals surface area contributed by atoms with E-state index in [4.69, 9.17) is 5.73 Å². The van der Waals surface area contributed by atoms with E-state index < -0.39 is 72.3 Å². The number of hydrogen-bond acceptors (Lipinski definition) is 13. The fourth-order valence-corrected chi connectivity index (χ4v) is 4.23. The van der Waals surface area contributed by atoms with Gasteiger partial charge in [0.2, 0.25) is 17.7 Å². The zero-order chi connectivity index (χ0) is 34.9. The molecule has 0 aliphatic heterocycles. The van der Waals surface area contributed by atoms with Gasteiger partial charge in [0, 0.05) is 37.8 Å². The third kappa shape index (κ3) is 10.1. The summed E-state index contributed by atoms with van der Waals surface area (Å²) in [6.45, 7) is -1.04. The molecular formula is C28H29N7O12. The molecule has 19 nitrogen and oxygen atoms in total. The highest BCUT2D eigenvalue weighted by Gasteiger charge is 2.28. The lowest BCUT2D eigenvalue weighted by atomic mass is 9.99. The molecular weight excluding hydrogens is 626 g/mol. The second kappa shape index (κ2) is 15.1. The number of nitrogens with one attached hydrogen (secondary N) is 3. The van der Waals surface area contributed by atoms with E-state index in [2.05, 4.69) is 16.0 Å². The molecule has 3 amide bonds. The molecule has 0 saturated carbocycles. The van der Waals surface area contributed by atoms with Crippen molar-refractivity contribution in [1.82, 2.24) is 16.0 Å². The number of amides is 3. The number of carbonyl (C=O) groups is 3. The lowest BCUT2D eigenvalue weighted by molar-refractivity contribution is -0.386. The molecule has 0 fully saturated rings. The van der Waals surface area contributed by atoms with Gasteiger partial charge in [-0.3, -0.25) is 44.7 Å². The average Bonchev–Trinajstić information content (AvgIpc) is 3.00. The maximum absolute atomic E-state index is 12.7. The van der Waals surface area contributed by atoms with Crippen LogP contribution in [0.1, 0.15) is 16.7 Å². The van der Waals surface area contributed by atoms with Gasteiger partial charge in [-0.25, -0.2) is 0 Å². The highest BCUT2D eigenvalue weighted by Crippen LogP contribution is 2.28. The molecule has 8 N–H and O–H groups in total. The SMILES string of the molecule is NC(CNC(=O)Cc1ccc(O)c([N+](=O)[O-])c1)(CNC(=O)Cc1ccc(O)c([N+](=O)[O-])c1)CNC(=O)Cc1ccc(O)c([N+](=O)[O-])c1. The highest BCUT2D eigenvalue weighted by molar-refractivity contribution is 5.81. The zero-order valence-corrected chi connectivity index (χ0v) is 24.4. The average molecular weight is 656 g/mol. The molecule has 0 bridgehead atoms. The first kappa shape index (κ1) is 35.1. The van der Waals surface area contributed by atoms with E-state index in [1.165, 1.54) is 18.2 Å². The summed E-state index contributed by atoms with van der Waals surface area (Å²) < 4.78 is 0.